The lowest BCUT2D eigenvalue weighted by molar-refractivity contribution is -0.152. The van der Waals surface area contributed by atoms with Crippen molar-refractivity contribution in [3.8, 4) is 0 Å². The van der Waals surface area contributed by atoms with E-state index >= 15 is 0 Å². The molecule has 9 nitrogen and oxygen atoms in total. The standard InChI is InChI=1S/C24H30NO8/c1-11(26)33-14-8-23(2)12(6-7-15(23)27)16-18(14)24(3)10-32-22(30)17(13(25-4)9-31-5)19(24)21(29)20(16)28/h12,14-15,27,29H,6-10H2,1-5H3. The summed E-state index contributed by atoms with van der Waals surface area (Å²) in [5.74, 6) is -2.69. The number of likely N-dealkylation sites (N-methyl/N-ethyl adjacent to an activating group) is 1. The Morgan fingerprint density at radius 2 is 1.97 bits per heavy atom. The molecule has 0 aromatic heterocycles. The summed E-state index contributed by atoms with van der Waals surface area (Å²) in [5.41, 5.74) is -0.555. The number of cyclic esters (lactones) is 1. The number of fused-ring (bicyclic) bond motifs is 4. The van der Waals surface area contributed by atoms with Crippen LogP contribution in [0.15, 0.2) is 33.7 Å². The van der Waals surface area contributed by atoms with E-state index in [0.29, 0.717) is 30.4 Å². The second-order valence-electron chi connectivity index (χ2n) is 9.72. The first-order valence-corrected chi connectivity index (χ1v) is 11.1. The third kappa shape index (κ3) is 3.24. The Balaban J connectivity index is 1.99. The van der Waals surface area contributed by atoms with E-state index in [1.54, 1.807) is 6.92 Å². The normalized spacial score (nSPS) is 37.2. The van der Waals surface area contributed by atoms with E-state index < -0.39 is 46.5 Å². The molecule has 2 N–H and O–H groups in total. The first-order valence-electron chi connectivity index (χ1n) is 11.1. The van der Waals surface area contributed by atoms with E-state index in [0.717, 1.165) is 0 Å². The van der Waals surface area contributed by atoms with Crippen LogP contribution in [-0.4, -0.2) is 67.5 Å². The van der Waals surface area contributed by atoms with Crippen LogP contribution in [-0.2, 0) is 28.6 Å². The van der Waals surface area contributed by atoms with Crippen molar-refractivity contribution in [2.24, 2.45) is 16.7 Å². The third-order valence-corrected chi connectivity index (χ3v) is 7.81. The van der Waals surface area contributed by atoms with Crippen molar-refractivity contribution in [3.05, 3.63) is 33.7 Å². The van der Waals surface area contributed by atoms with Crippen molar-refractivity contribution in [2.45, 2.75) is 52.2 Å². The topological polar surface area (TPSA) is 133 Å². The Bertz CT molecular complexity index is 1020. The number of hydrogen-bond acceptors (Lipinski definition) is 8. The molecule has 0 aromatic carbocycles. The molecule has 1 aliphatic heterocycles. The molecule has 33 heavy (non-hydrogen) atoms. The quantitative estimate of drug-likeness (QED) is 0.476. The molecule has 5 unspecified atom stereocenters. The fourth-order valence-corrected chi connectivity index (χ4v) is 6.28. The van der Waals surface area contributed by atoms with Crippen molar-refractivity contribution >= 4 is 17.7 Å². The summed E-state index contributed by atoms with van der Waals surface area (Å²) >= 11 is 0. The fourth-order valence-electron chi connectivity index (χ4n) is 6.28. The van der Waals surface area contributed by atoms with Crippen molar-refractivity contribution in [1.82, 2.24) is 5.32 Å². The molecule has 4 aliphatic rings. The zero-order chi connectivity index (χ0) is 24.3. The average Bonchev–Trinajstić information content (AvgIpc) is 3.04. The lowest BCUT2D eigenvalue weighted by atomic mass is 9.55. The molecule has 5 atom stereocenters. The maximum atomic E-state index is 13.7. The van der Waals surface area contributed by atoms with Gasteiger partial charge in [-0.15, -0.1) is 0 Å². The average molecular weight is 461 g/mol. The molecule has 9 heteroatoms. The van der Waals surface area contributed by atoms with Gasteiger partial charge in [0.15, 0.2) is 5.76 Å². The number of allylic oxidation sites excluding steroid dienone is 1. The number of ether oxygens (including phenoxy) is 3. The Kier molecular flexibility index (Phi) is 5.69. The number of rotatable bonds is 4. The second-order valence-corrected chi connectivity index (χ2v) is 9.72. The van der Waals surface area contributed by atoms with Gasteiger partial charge in [-0.1, -0.05) is 6.92 Å². The Hall–Kier alpha value is -2.65. The maximum absolute atomic E-state index is 13.7. The molecule has 1 saturated carbocycles. The number of carbonyl (C=O) groups excluding carboxylic acids is 3. The van der Waals surface area contributed by atoms with Crippen LogP contribution in [0.4, 0.5) is 0 Å². The molecule has 1 saturated heterocycles. The van der Waals surface area contributed by atoms with Gasteiger partial charge in [0, 0.05) is 37.6 Å². The number of methoxy groups -OCH3 is 1. The van der Waals surface area contributed by atoms with E-state index in [9.17, 15) is 24.6 Å². The minimum absolute atomic E-state index is 0.00753. The van der Waals surface area contributed by atoms with Crippen LogP contribution in [0.2, 0.25) is 0 Å². The van der Waals surface area contributed by atoms with Gasteiger partial charge in [-0.05, 0) is 37.7 Å². The van der Waals surface area contributed by atoms with E-state index in [1.165, 1.54) is 21.1 Å². The smallest absolute Gasteiger partial charge is 0.340 e. The van der Waals surface area contributed by atoms with E-state index in [4.69, 9.17) is 14.2 Å². The molecule has 0 spiro atoms. The summed E-state index contributed by atoms with van der Waals surface area (Å²) in [6, 6.07) is 0. The summed E-state index contributed by atoms with van der Waals surface area (Å²) < 4.78 is 16.4. The van der Waals surface area contributed by atoms with Gasteiger partial charge in [0.05, 0.1) is 29.4 Å². The molecular weight excluding hydrogens is 430 g/mol. The Morgan fingerprint density at radius 3 is 2.58 bits per heavy atom. The van der Waals surface area contributed by atoms with Gasteiger partial charge in [-0.2, -0.15) is 0 Å². The molecule has 1 heterocycles. The van der Waals surface area contributed by atoms with Gasteiger partial charge in [0.25, 0.3) is 0 Å². The van der Waals surface area contributed by atoms with Crippen LogP contribution in [0.3, 0.4) is 0 Å². The van der Waals surface area contributed by atoms with Crippen molar-refractivity contribution in [1.29, 1.82) is 0 Å². The summed E-state index contributed by atoms with van der Waals surface area (Å²) in [6.07, 6.45) is -0.0981. The van der Waals surface area contributed by atoms with Crippen LogP contribution in [0, 0.1) is 16.7 Å². The van der Waals surface area contributed by atoms with Gasteiger partial charge < -0.3 is 24.4 Å². The monoisotopic (exact) mass is 460 g/mol. The highest BCUT2D eigenvalue weighted by Gasteiger charge is 2.62. The highest BCUT2D eigenvalue weighted by Crippen LogP contribution is 2.62. The van der Waals surface area contributed by atoms with Crippen LogP contribution < -0.4 is 5.32 Å². The maximum Gasteiger partial charge on any atom is 0.340 e. The number of esters is 2. The summed E-state index contributed by atoms with van der Waals surface area (Å²) in [4.78, 5) is 38.6. The third-order valence-electron chi connectivity index (χ3n) is 7.81. The number of aliphatic hydroxyl groups is 2. The van der Waals surface area contributed by atoms with Crippen molar-refractivity contribution in [3.63, 3.8) is 0 Å². The van der Waals surface area contributed by atoms with Gasteiger partial charge in [0.2, 0.25) is 5.78 Å². The highest BCUT2D eigenvalue weighted by molar-refractivity contribution is 6.13. The molecule has 0 bridgehead atoms. The molecule has 4 rings (SSSR count). The number of Topliss-reactive ketones (excluding diaryl/α,β-unsaturated/α-hetero) is 1. The number of carbonyl (C=O) groups is 3. The largest absolute Gasteiger partial charge is 0.504 e. The van der Waals surface area contributed by atoms with Gasteiger partial charge in [0.1, 0.15) is 12.7 Å². The zero-order valence-electron chi connectivity index (χ0n) is 19.6. The van der Waals surface area contributed by atoms with E-state index in [1.807, 2.05) is 6.92 Å². The number of aliphatic hydroxyl groups excluding tert-OH is 2. The minimum atomic E-state index is -1.12. The second kappa shape index (κ2) is 7.99. The number of nitrogens with zero attached hydrogens (tertiary/aromatic N) is 1. The van der Waals surface area contributed by atoms with Crippen LogP contribution >= 0.6 is 0 Å². The summed E-state index contributed by atoms with van der Waals surface area (Å²) in [7, 11) is 2.94. The van der Waals surface area contributed by atoms with Crippen LogP contribution in [0.1, 0.15) is 40.0 Å². The Morgan fingerprint density at radius 1 is 1.27 bits per heavy atom. The molecule has 0 aromatic rings. The summed E-state index contributed by atoms with van der Waals surface area (Å²) in [5, 5.41) is 26.1. The summed E-state index contributed by atoms with van der Waals surface area (Å²) in [6.45, 7) is 4.81. The zero-order valence-corrected chi connectivity index (χ0v) is 19.6. The van der Waals surface area contributed by atoms with Crippen LogP contribution in [0.25, 0.3) is 0 Å². The first kappa shape index (κ1) is 23.5. The molecule has 0 amide bonds. The number of hydrogen-bond donors (Lipinski definition) is 2. The highest BCUT2D eigenvalue weighted by atomic mass is 16.5. The van der Waals surface area contributed by atoms with Gasteiger partial charge in [-0.25, -0.2) is 4.79 Å². The molecular formula is C24H30NO8. The lowest BCUT2D eigenvalue weighted by Crippen LogP contribution is -2.53. The van der Waals surface area contributed by atoms with Gasteiger partial charge >= 0.3 is 11.9 Å². The fraction of sp³-hybridized carbons (Fsp3) is 0.625. The predicted octanol–water partition coefficient (Wildman–Crippen LogP) is 1.49. The van der Waals surface area contributed by atoms with Gasteiger partial charge in [-0.3, -0.25) is 14.9 Å². The van der Waals surface area contributed by atoms with Crippen LogP contribution in [0.5, 0.6) is 0 Å². The Labute approximate surface area is 192 Å². The molecule has 1 radical (unpaired) electrons. The van der Waals surface area contributed by atoms with E-state index in [-0.39, 0.29) is 36.0 Å². The molecule has 3 aliphatic carbocycles. The minimum Gasteiger partial charge on any atom is -0.504 e. The lowest BCUT2D eigenvalue weighted by Gasteiger charge is -2.51. The predicted molar refractivity (Wildman–Crippen MR) is 115 cm³/mol. The SMILES string of the molecule is C[N]C(COC)=C1C(=O)OCC2(C)C1=C(O)C(=O)C1=C2C(OC(C)=O)CC2(C)C(O)CCC12. The first-order chi connectivity index (χ1) is 15.5. The van der Waals surface area contributed by atoms with Crippen molar-refractivity contribution in [2.75, 3.05) is 27.4 Å². The van der Waals surface area contributed by atoms with Crippen molar-refractivity contribution < 1.29 is 38.8 Å². The number of ketones is 1. The molecule has 2 fully saturated rings. The van der Waals surface area contributed by atoms with E-state index in [2.05, 4.69) is 5.32 Å². The molecule has 179 valence electrons.